The van der Waals surface area contributed by atoms with E-state index in [4.69, 9.17) is 4.74 Å². The summed E-state index contributed by atoms with van der Waals surface area (Å²) in [6.07, 6.45) is 3.13. The molecule has 2 heterocycles. The average molecular weight is 360 g/mol. The van der Waals surface area contributed by atoms with Crippen molar-refractivity contribution >= 4 is 16.9 Å². The highest BCUT2D eigenvalue weighted by Crippen LogP contribution is 2.27. The first-order valence-corrected chi connectivity index (χ1v) is 8.24. The number of azo groups is 1. The van der Waals surface area contributed by atoms with Crippen LogP contribution in [-0.4, -0.2) is 32.0 Å². The lowest BCUT2D eigenvalue weighted by Gasteiger charge is -2.04. The van der Waals surface area contributed by atoms with Crippen LogP contribution in [0.25, 0.3) is 16.7 Å². The van der Waals surface area contributed by atoms with Crippen LogP contribution in [0, 0.1) is 0 Å². The van der Waals surface area contributed by atoms with Crippen molar-refractivity contribution in [3.8, 4) is 17.2 Å². The van der Waals surface area contributed by atoms with Gasteiger partial charge in [-0.3, -0.25) is 0 Å². The number of para-hydroxylation sites is 1. The number of fused-ring (bicyclic) bond motifs is 1. The minimum Gasteiger partial charge on any atom is -0.504 e. The molecule has 8 nitrogen and oxygen atoms in total. The molecule has 4 rings (SSSR count). The molecule has 2 aromatic heterocycles. The Morgan fingerprint density at radius 3 is 2.78 bits per heavy atom. The number of methoxy groups -OCH3 is 1. The van der Waals surface area contributed by atoms with Gasteiger partial charge in [0.1, 0.15) is 6.33 Å². The van der Waals surface area contributed by atoms with Gasteiger partial charge in [-0.15, -0.1) is 5.11 Å². The van der Waals surface area contributed by atoms with Crippen LogP contribution in [0.2, 0.25) is 0 Å². The number of aromatic nitrogens is 4. The molecule has 4 aromatic rings. The van der Waals surface area contributed by atoms with Gasteiger partial charge in [-0.25, -0.2) is 14.6 Å². The second kappa shape index (κ2) is 7.20. The van der Waals surface area contributed by atoms with Gasteiger partial charge in [-0.05, 0) is 29.8 Å². The highest BCUT2D eigenvalue weighted by Gasteiger charge is 2.10. The van der Waals surface area contributed by atoms with Gasteiger partial charge in [-0.1, -0.05) is 24.3 Å². The summed E-state index contributed by atoms with van der Waals surface area (Å²) in [5.41, 5.74) is 2.43. The van der Waals surface area contributed by atoms with E-state index in [-0.39, 0.29) is 5.75 Å². The Hall–Kier alpha value is -3.81. The number of phenolic OH excluding ortho intramolecular Hbond substituents is 1. The molecule has 0 aliphatic rings. The fourth-order valence-electron chi connectivity index (χ4n) is 2.67. The molecule has 0 saturated carbocycles. The fraction of sp³-hybridized carbons (Fsp3) is 0.105. The lowest BCUT2D eigenvalue weighted by molar-refractivity contribution is 0.373. The van der Waals surface area contributed by atoms with Gasteiger partial charge in [0.15, 0.2) is 23.0 Å². The molecule has 0 spiro atoms. The lowest BCUT2D eigenvalue weighted by atomic mass is 10.2. The summed E-state index contributed by atoms with van der Waals surface area (Å²) in [6.45, 7) is 0.328. The zero-order chi connectivity index (χ0) is 18.6. The SMILES string of the molecule is COc1cc(CN=Nc2ncnc3c2cnn3-c2ccccc2)ccc1O. The Morgan fingerprint density at radius 2 is 1.96 bits per heavy atom. The van der Waals surface area contributed by atoms with Gasteiger partial charge < -0.3 is 9.84 Å². The topological polar surface area (TPSA) is 97.8 Å². The molecular weight excluding hydrogens is 344 g/mol. The minimum atomic E-state index is 0.0871. The predicted molar refractivity (Wildman–Crippen MR) is 99.5 cm³/mol. The van der Waals surface area contributed by atoms with E-state index in [9.17, 15) is 5.11 Å². The van der Waals surface area contributed by atoms with Crippen molar-refractivity contribution in [2.24, 2.45) is 10.2 Å². The zero-order valence-electron chi connectivity index (χ0n) is 14.5. The highest BCUT2D eigenvalue weighted by atomic mass is 16.5. The van der Waals surface area contributed by atoms with Crippen LogP contribution in [0.1, 0.15) is 5.56 Å². The molecule has 8 heteroatoms. The van der Waals surface area contributed by atoms with Crippen molar-refractivity contribution in [2.75, 3.05) is 7.11 Å². The van der Waals surface area contributed by atoms with Crippen LogP contribution in [0.15, 0.2) is 71.3 Å². The zero-order valence-corrected chi connectivity index (χ0v) is 14.5. The van der Waals surface area contributed by atoms with E-state index in [1.54, 1.807) is 29.1 Å². The molecule has 27 heavy (non-hydrogen) atoms. The summed E-state index contributed by atoms with van der Waals surface area (Å²) in [5, 5.41) is 23.2. The van der Waals surface area contributed by atoms with E-state index < -0.39 is 0 Å². The van der Waals surface area contributed by atoms with Crippen LogP contribution >= 0.6 is 0 Å². The first-order chi connectivity index (χ1) is 13.3. The van der Waals surface area contributed by atoms with Gasteiger partial charge in [0, 0.05) is 0 Å². The van der Waals surface area contributed by atoms with Crippen LogP contribution in [0.4, 0.5) is 5.82 Å². The van der Waals surface area contributed by atoms with E-state index in [1.807, 2.05) is 30.3 Å². The number of hydrogen-bond acceptors (Lipinski definition) is 7. The molecule has 0 saturated heterocycles. The highest BCUT2D eigenvalue weighted by molar-refractivity contribution is 5.85. The lowest BCUT2D eigenvalue weighted by Crippen LogP contribution is -1.96. The standard InChI is InChI=1S/C19H16N6O2/c1-27-17-9-13(7-8-16(17)26)10-22-24-18-15-11-23-25(19(15)21-12-20-18)14-5-3-2-4-6-14/h2-9,11-12,26H,10H2,1H3. The normalized spacial score (nSPS) is 11.3. The molecule has 1 N–H and O–H groups in total. The summed E-state index contributed by atoms with van der Waals surface area (Å²) >= 11 is 0. The van der Waals surface area contributed by atoms with Crippen LogP contribution in [0.5, 0.6) is 11.5 Å². The smallest absolute Gasteiger partial charge is 0.188 e. The number of benzene rings is 2. The van der Waals surface area contributed by atoms with Crippen molar-refractivity contribution in [1.82, 2.24) is 19.7 Å². The molecule has 0 aliphatic heterocycles. The number of nitrogens with zero attached hydrogens (tertiary/aromatic N) is 6. The summed E-state index contributed by atoms with van der Waals surface area (Å²) in [6, 6.07) is 14.8. The average Bonchev–Trinajstić information content (AvgIpc) is 3.15. The van der Waals surface area contributed by atoms with E-state index in [1.165, 1.54) is 13.4 Å². The second-order valence-electron chi connectivity index (χ2n) is 5.73. The maximum Gasteiger partial charge on any atom is 0.188 e. The van der Waals surface area contributed by atoms with Crippen molar-refractivity contribution in [2.45, 2.75) is 6.54 Å². The number of rotatable bonds is 5. The molecule has 2 aromatic carbocycles. The van der Waals surface area contributed by atoms with Gasteiger partial charge in [-0.2, -0.15) is 10.2 Å². The van der Waals surface area contributed by atoms with Crippen molar-refractivity contribution < 1.29 is 9.84 Å². The second-order valence-corrected chi connectivity index (χ2v) is 5.73. The number of hydrogen-bond donors (Lipinski definition) is 1. The fourth-order valence-corrected chi connectivity index (χ4v) is 2.67. The predicted octanol–water partition coefficient (Wildman–Crippen LogP) is 3.81. The third-order valence-corrected chi connectivity index (χ3v) is 4.01. The molecule has 0 amide bonds. The summed E-state index contributed by atoms with van der Waals surface area (Å²) < 4.78 is 6.84. The summed E-state index contributed by atoms with van der Waals surface area (Å²) in [5.74, 6) is 0.938. The van der Waals surface area contributed by atoms with Gasteiger partial charge in [0.25, 0.3) is 0 Å². The molecule has 0 unspecified atom stereocenters. The van der Waals surface area contributed by atoms with Crippen molar-refractivity contribution in [3.05, 3.63) is 66.6 Å². The molecule has 0 aliphatic carbocycles. The maximum absolute atomic E-state index is 9.65. The van der Waals surface area contributed by atoms with Gasteiger partial charge in [0.2, 0.25) is 0 Å². The molecule has 0 bridgehead atoms. The minimum absolute atomic E-state index is 0.0871. The molecule has 0 radical (unpaired) electrons. The quantitative estimate of drug-likeness (QED) is 0.546. The number of aromatic hydroxyl groups is 1. The largest absolute Gasteiger partial charge is 0.504 e. The van der Waals surface area contributed by atoms with Gasteiger partial charge >= 0.3 is 0 Å². The maximum atomic E-state index is 9.65. The Labute approximate surface area is 154 Å². The monoisotopic (exact) mass is 360 g/mol. The number of ether oxygens (including phenoxy) is 1. The Kier molecular flexibility index (Phi) is 4.44. The Balaban J connectivity index is 1.61. The Bertz CT molecular complexity index is 1110. The van der Waals surface area contributed by atoms with E-state index >= 15 is 0 Å². The Morgan fingerprint density at radius 1 is 1.11 bits per heavy atom. The third-order valence-electron chi connectivity index (χ3n) is 4.01. The summed E-state index contributed by atoms with van der Waals surface area (Å²) in [7, 11) is 1.50. The molecular formula is C19H16N6O2. The van der Waals surface area contributed by atoms with Crippen LogP contribution in [-0.2, 0) is 6.54 Å². The van der Waals surface area contributed by atoms with Crippen LogP contribution < -0.4 is 4.74 Å². The van der Waals surface area contributed by atoms with E-state index in [0.717, 1.165) is 11.3 Å². The van der Waals surface area contributed by atoms with E-state index in [2.05, 4.69) is 25.3 Å². The molecule has 0 fully saturated rings. The third kappa shape index (κ3) is 3.32. The van der Waals surface area contributed by atoms with Crippen molar-refractivity contribution in [1.29, 1.82) is 0 Å². The molecule has 134 valence electrons. The number of phenols is 1. The first kappa shape index (κ1) is 16.6. The summed E-state index contributed by atoms with van der Waals surface area (Å²) in [4.78, 5) is 8.52. The van der Waals surface area contributed by atoms with Crippen molar-refractivity contribution in [3.63, 3.8) is 0 Å². The van der Waals surface area contributed by atoms with Crippen LogP contribution in [0.3, 0.4) is 0 Å². The van der Waals surface area contributed by atoms with E-state index in [0.29, 0.717) is 29.1 Å². The van der Waals surface area contributed by atoms with Gasteiger partial charge in [0.05, 0.1) is 30.9 Å². The molecule has 0 atom stereocenters. The first-order valence-electron chi connectivity index (χ1n) is 8.24.